The second-order valence-electron chi connectivity index (χ2n) is 4.30. The fourth-order valence-electron chi connectivity index (χ4n) is 1.83. The van der Waals surface area contributed by atoms with Crippen molar-refractivity contribution in [2.45, 2.75) is 6.92 Å². The second kappa shape index (κ2) is 5.44. The van der Waals surface area contributed by atoms with Crippen molar-refractivity contribution in [2.75, 3.05) is 5.32 Å². The third-order valence-electron chi connectivity index (χ3n) is 2.87. The van der Waals surface area contributed by atoms with E-state index in [4.69, 9.17) is 0 Å². The molecule has 5 nitrogen and oxygen atoms in total. The van der Waals surface area contributed by atoms with Crippen LogP contribution in [0.15, 0.2) is 55.1 Å². The predicted octanol–water partition coefficient (Wildman–Crippen LogP) is 2.99. The maximum Gasteiger partial charge on any atom is 0.227 e. The summed E-state index contributed by atoms with van der Waals surface area (Å²) in [6, 6.07) is 9.81. The van der Waals surface area contributed by atoms with Crippen molar-refractivity contribution in [1.29, 1.82) is 0 Å². The summed E-state index contributed by atoms with van der Waals surface area (Å²) in [5.41, 5.74) is 3.59. The Bertz CT molecular complexity index is 712. The van der Waals surface area contributed by atoms with Gasteiger partial charge in [-0.2, -0.15) is 0 Å². The zero-order valence-electron chi connectivity index (χ0n) is 11.0. The SMILES string of the molecule is Cc1ccccc1Nc1nccc(-c2cnccn2)n1. The Labute approximate surface area is 116 Å². The first-order valence-corrected chi connectivity index (χ1v) is 6.25. The molecular weight excluding hydrogens is 250 g/mol. The summed E-state index contributed by atoms with van der Waals surface area (Å²) < 4.78 is 0. The van der Waals surface area contributed by atoms with Crippen molar-refractivity contribution in [3.8, 4) is 11.4 Å². The molecule has 5 heteroatoms. The van der Waals surface area contributed by atoms with E-state index in [1.807, 2.05) is 37.3 Å². The average Bonchev–Trinajstić information content (AvgIpc) is 2.51. The van der Waals surface area contributed by atoms with Gasteiger partial charge in [0.05, 0.1) is 11.9 Å². The highest BCUT2D eigenvalue weighted by Gasteiger charge is 2.04. The molecule has 1 N–H and O–H groups in total. The number of para-hydroxylation sites is 1. The third kappa shape index (κ3) is 2.61. The largest absolute Gasteiger partial charge is 0.324 e. The Morgan fingerprint density at radius 2 is 1.80 bits per heavy atom. The maximum atomic E-state index is 4.45. The van der Waals surface area contributed by atoms with Gasteiger partial charge in [0, 0.05) is 24.3 Å². The summed E-state index contributed by atoms with van der Waals surface area (Å²) >= 11 is 0. The van der Waals surface area contributed by atoms with E-state index in [1.165, 1.54) is 0 Å². The summed E-state index contributed by atoms with van der Waals surface area (Å²) in [7, 11) is 0. The normalized spacial score (nSPS) is 10.2. The number of rotatable bonds is 3. The molecule has 0 bridgehead atoms. The lowest BCUT2D eigenvalue weighted by atomic mass is 10.2. The molecule has 1 aromatic carbocycles. The zero-order valence-corrected chi connectivity index (χ0v) is 11.0. The third-order valence-corrected chi connectivity index (χ3v) is 2.87. The summed E-state index contributed by atoms with van der Waals surface area (Å²) in [5.74, 6) is 0.544. The molecule has 0 fully saturated rings. The van der Waals surface area contributed by atoms with E-state index in [0.29, 0.717) is 5.95 Å². The van der Waals surface area contributed by atoms with Crippen LogP contribution in [0, 0.1) is 6.92 Å². The van der Waals surface area contributed by atoms with Crippen LogP contribution in [0.3, 0.4) is 0 Å². The van der Waals surface area contributed by atoms with Gasteiger partial charge in [-0.05, 0) is 24.6 Å². The van der Waals surface area contributed by atoms with Crippen molar-refractivity contribution in [1.82, 2.24) is 19.9 Å². The molecule has 0 aliphatic carbocycles. The van der Waals surface area contributed by atoms with Gasteiger partial charge in [0.25, 0.3) is 0 Å². The smallest absolute Gasteiger partial charge is 0.227 e. The van der Waals surface area contributed by atoms with E-state index in [0.717, 1.165) is 22.6 Å². The molecule has 20 heavy (non-hydrogen) atoms. The van der Waals surface area contributed by atoms with Gasteiger partial charge >= 0.3 is 0 Å². The van der Waals surface area contributed by atoms with Crippen LogP contribution in [-0.2, 0) is 0 Å². The lowest BCUT2D eigenvalue weighted by molar-refractivity contribution is 1.13. The van der Waals surface area contributed by atoms with Crippen LogP contribution in [0.25, 0.3) is 11.4 Å². The molecule has 2 aromatic heterocycles. The summed E-state index contributed by atoms with van der Waals surface area (Å²) in [5, 5.41) is 3.21. The number of benzene rings is 1. The average molecular weight is 263 g/mol. The van der Waals surface area contributed by atoms with Crippen LogP contribution in [0.5, 0.6) is 0 Å². The number of anilines is 2. The molecule has 0 saturated heterocycles. The minimum absolute atomic E-state index is 0.544. The lowest BCUT2D eigenvalue weighted by Crippen LogP contribution is -1.99. The highest BCUT2D eigenvalue weighted by Crippen LogP contribution is 2.19. The Morgan fingerprint density at radius 3 is 2.60 bits per heavy atom. The molecule has 0 aliphatic heterocycles. The van der Waals surface area contributed by atoms with Gasteiger partial charge < -0.3 is 5.32 Å². The monoisotopic (exact) mass is 263 g/mol. The molecule has 0 saturated carbocycles. The van der Waals surface area contributed by atoms with E-state index in [1.54, 1.807) is 24.8 Å². The lowest BCUT2D eigenvalue weighted by Gasteiger charge is -2.08. The molecule has 0 amide bonds. The molecule has 0 spiro atoms. The molecule has 0 unspecified atom stereocenters. The van der Waals surface area contributed by atoms with Crippen LogP contribution in [0.1, 0.15) is 5.56 Å². The first-order chi connectivity index (χ1) is 9.83. The summed E-state index contributed by atoms with van der Waals surface area (Å²) in [6.07, 6.45) is 6.67. The molecular formula is C15H13N5. The Balaban J connectivity index is 1.91. The van der Waals surface area contributed by atoms with Crippen molar-refractivity contribution < 1.29 is 0 Å². The van der Waals surface area contributed by atoms with Gasteiger partial charge in [-0.3, -0.25) is 9.97 Å². The first-order valence-electron chi connectivity index (χ1n) is 6.25. The van der Waals surface area contributed by atoms with Gasteiger partial charge in [0.2, 0.25) is 5.95 Å². The van der Waals surface area contributed by atoms with E-state index in [-0.39, 0.29) is 0 Å². The standard InChI is InChI=1S/C15H13N5/c1-11-4-2-3-5-12(11)19-15-18-7-6-13(20-15)14-10-16-8-9-17-14/h2-10H,1H3,(H,18,19,20). The van der Waals surface area contributed by atoms with Crippen LogP contribution in [-0.4, -0.2) is 19.9 Å². The number of aromatic nitrogens is 4. The minimum atomic E-state index is 0.544. The number of hydrogen-bond acceptors (Lipinski definition) is 5. The number of hydrogen-bond donors (Lipinski definition) is 1. The van der Waals surface area contributed by atoms with E-state index in [9.17, 15) is 0 Å². The van der Waals surface area contributed by atoms with Crippen LogP contribution >= 0.6 is 0 Å². The van der Waals surface area contributed by atoms with Crippen molar-refractivity contribution in [3.05, 3.63) is 60.7 Å². The van der Waals surface area contributed by atoms with E-state index < -0.39 is 0 Å². The van der Waals surface area contributed by atoms with Gasteiger partial charge in [0.1, 0.15) is 5.69 Å². The highest BCUT2D eigenvalue weighted by atomic mass is 15.1. The fourth-order valence-corrected chi connectivity index (χ4v) is 1.83. The van der Waals surface area contributed by atoms with Crippen molar-refractivity contribution in [3.63, 3.8) is 0 Å². The number of nitrogens with zero attached hydrogens (tertiary/aromatic N) is 4. The van der Waals surface area contributed by atoms with Gasteiger partial charge in [0.15, 0.2) is 0 Å². The van der Waals surface area contributed by atoms with Crippen LogP contribution < -0.4 is 5.32 Å². The summed E-state index contributed by atoms with van der Waals surface area (Å²) in [4.78, 5) is 17.0. The summed E-state index contributed by atoms with van der Waals surface area (Å²) in [6.45, 7) is 2.04. The Kier molecular flexibility index (Phi) is 3.33. The number of aryl methyl sites for hydroxylation is 1. The molecule has 2 heterocycles. The molecule has 3 aromatic rings. The second-order valence-corrected chi connectivity index (χ2v) is 4.30. The van der Waals surface area contributed by atoms with Crippen molar-refractivity contribution >= 4 is 11.6 Å². The molecule has 0 aliphatic rings. The molecule has 98 valence electrons. The van der Waals surface area contributed by atoms with Gasteiger partial charge in [-0.1, -0.05) is 18.2 Å². The van der Waals surface area contributed by atoms with Crippen LogP contribution in [0.2, 0.25) is 0 Å². The minimum Gasteiger partial charge on any atom is -0.324 e. The maximum absolute atomic E-state index is 4.45. The highest BCUT2D eigenvalue weighted by molar-refractivity contribution is 5.60. The van der Waals surface area contributed by atoms with Crippen LogP contribution in [0.4, 0.5) is 11.6 Å². The van der Waals surface area contributed by atoms with Crippen molar-refractivity contribution in [2.24, 2.45) is 0 Å². The topological polar surface area (TPSA) is 63.6 Å². The van der Waals surface area contributed by atoms with E-state index >= 15 is 0 Å². The van der Waals surface area contributed by atoms with Gasteiger partial charge in [-0.25, -0.2) is 9.97 Å². The molecule has 0 atom stereocenters. The molecule has 0 radical (unpaired) electrons. The Hall–Kier alpha value is -2.82. The first kappa shape index (κ1) is 12.2. The van der Waals surface area contributed by atoms with E-state index in [2.05, 4.69) is 25.3 Å². The predicted molar refractivity (Wildman–Crippen MR) is 77.5 cm³/mol. The number of nitrogens with one attached hydrogen (secondary N) is 1. The zero-order chi connectivity index (χ0) is 13.8. The molecule has 3 rings (SSSR count). The quantitative estimate of drug-likeness (QED) is 0.787. The Morgan fingerprint density at radius 1 is 0.900 bits per heavy atom. The van der Waals surface area contributed by atoms with Gasteiger partial charge in [-0.15, -0.1) is 0 Å². The fraction of sp³-hybridized carbons (Fsp3) is 0.0667.